The molecule has 0 unspecified atom stereocenters. The first-order valence-corrected chi connectivity index (χ1v) is 6.48. The first-order valence-electron chi connectivity index (χ1n) is 5.04. The standard InChI is InChI=1S/C7H8O3S.C4H8O2/c1-6-4-2-3-5-7(6)11(8,9)10;1-2-3-4(5)6/h2-5H,1H3,(H,8,9,10);2-3H2,1H3,(H,5,6). The first-order chi connectivity index (χ1) is 7.79. The molecule has 96 valence electrons. The van der Waals surface area contributed by atoms with Gasteiger partial charge in [0.2, 0.25) is 0 Å². The molecule has 0 aromatic heterocycles. The minimum Gasteiger partial charge on any atom is -0.481 e. The maximum Gasteiger partial charge on any atom is 0.303 e. The van der Waals surface area contributed by atoms with Crippen molar-refractivity contribution in [3.8, 4) is 0 Å². The van der Waals surface area contributed by atoms with Gasteiger partial charge in [-0.1, -0.05) is 25.1 Å². The molecule has 1 aromatic carbocycles. The summed E-state index contributed by atoms with van der Waals surface area (Å²) in [6, 6.07) is 6.27. The molecule has 0 saturated carbocycles. The fraction of sp³-hybridized carbons (Fsp3) is 0.364. The van der Waals surface area contributed by atoms with Crippen LogP contribution < -0.4 is 0 Å². The summed E-state index contributed by atoms with van der Waals surface area (Å²) >= 11 is 0. The fourth-order valence-electron chi connectivity index (χ4n) is 1.06. The van der Waals surface area contributed by atoms with Crippen molar-refractivity contribution in [2.45, 2.75) is 31.6 Å². The molecule has 0 spiro atoms. The lowest BCUT2D eigenvalue weighted by Crippen LogP contribution is -1.99. The third-order valence-electron chi connectivity index (χ3n) is 1.84. The third-order valence-corrected chi connectivity index (χ3v) is 2.85. The number of carboxylic acids is 1. The molecule has 0 amide bonds. The van der Waals surface area contributed by atoms with Crippen molar-refractivity contribution in [2.75, 3.05) is 0 Å². The van der Waals surface area contributed by atoms with E-state index in [0.717, 1.165) is 6.42 Å². The zero-order chi connectivity index (χ0) is 13.5. The lowest BCUT2D eigenvalue weighted by atomic mass is 10.2. The number of carbonyl (C=O) groups is 1. The summed E-state index contributed by atoms with van der Waals surface area (Å²) in [6.07, 6.45) is 1.02. The van der Waals surface area contributed by atoms with Crippen LogP contribution in [0.3, 0.4) is 0 Å². The van der Waals surface area contributed by atoms with Crippen molar-refractivity contribution in [3.05, 3.63) is 29.8 Å². The summed E-state index contributed by atoms with van der Waals surface area (Å²) in [6.45, 7) is 3.47. The van der Waals surface area contributed by atoms with Gasteiger partial charge in [-0.25, -0.2) is 0 Å². The van der Waals surface area contributed by atoms with Crippen molar-refractivity contribution in [1.82, 2.24) is 0 Å². The van der Waals surface area contributed by atoms with Gasteiger partial charge in [-0.15, -0.1) is 0 Å². The van der Waals surface area contributed by atoms with E-state index in [4.69, 9.17) is 9.66 Å². The molecule has 0 aliphatic rings. The average molecular weight is 260 g/mol. The quantitative estimate of drug-likeness (QED) is 0.812. The van der Waals surface area contributed by atoms with Gasteiger partial charge in [0.1, 0.15) is 0 Å². The zero-order valence-corrected chi connectivity index (χ0v) is 10.6. The van der Waals surface area contributed by atoms with Crippen LogP contribution >= 0.6 is 0 Å². The number of aliphatic carboxylic acids is 1. The van der Waals surface area contributed by atoms with Gasteiger partial charge in [0, 0.05) is 6.42 Å². The molecule has 0 aliphatic carbocycles. The summed E-state index contributed by atoms with van der Waals surface area (Å²) in [4.78, 5) is 9.57. The van der Waals surface area contributed by atoms with Crippen LogP contribution in [0.4, 0.5) is 0 Å². The lowest BCUT2D eigenvalue weighted by molar-refractivity contribution is -0.137. The largest absolute Gasteiger partial charge is 0.481 e. The van der Waals surface area contributed by atoms with Crippen molar-refractivity contribution in [2.24, 2.45) is 0 Å². The molecular formula is C11H16O5S. The van der Waals surface area contributed by atoms with E-state index in [-0.39, 0.29) is 4.90 Å². The second-order valence-corrected chi connectivity index (χ2v) is 4.77. The molecule has 0 heterocycles. The van der Waals surface area contributed by atoms with E-state index in [1.54, 1.807) is 25.1 Å². The summed E-state index contributed by atoms with van der Waals surface area (Å²) < 4.78 is 29.9. The molecule has 2 N–H and O–H groups in total. The topological polar surface area (TPSA) is 91.7 Å². The smallest absolute Gasteiger partial charge is 0.303 e. The van der Waals surface area contributed by atoms with Crippen LogP contribution in [0.25, 0.3) is 0 Å². The number of hydrogen-bond donors (Lipinski definition) is 2. The molecule has 0 atom stereocenters. The molecule has 0 radical (unpaired) electrons. The van der Waals surface area contributed by atoms with Crippen LogP contribution in [0.15, 0.2) is 29.2 Å². The number of rotatable bonds is 3. The fourth-order valence-corrected chi connectivity index (χ4v) is 1.79. The van der Waals surface area contributed by atoms with Gasteiger partial charge in [-0.05, 0) is 25.0 Å². The summed E-state index contributed by atoms with van der Waals surface area (Å²) in [5, 5.41) is 7.91. The molecule has 6 heteroatoms. The predicted molar refractivity (Wildman–Crippen MR) is 63.5 cm³/mol. The Balaban J connectivity index is 0.000000366. The Kier molecular flexibility index (Phi) is 6.45. The van der Waals surface area contributed by atoms with Crippen LogP contribution in [0.1, 0.15) is 25.3 Å². The van der Waals surface area contributed by atoms with E-state index in [9.17, 15) is 13.2 Å². The Bertz CT molecular complexity index is 465. The van der Waals surface area contributed by atoms with Gasteiger partial charge in [-0.3, -0.25) is 9.35 Å². The lowest BCUT2D eigenvalue weighted by Gasteiger charge is -1.99. The van der Waals surface area contributed by atoms with Crippen LogP contribution in [0.2, 0.25) is 0 Å². The zero-order valence-electron chi connectivity index (χ0n) is 9.75. The maximum atomic E-state index is 10.6. The van der Waals surface area contributed by atoms with Gasteiger partial charge in [0.05, 0.1) is 4.90 Å². The highest BCUT2D eigenvalue weighted by Gasteiger charge is 2.10. The average Bonchev–Trinajstić information content (AvgIpc) is 2.17. The van der Waals surface area contributed by atoms with Gasteiger partial charge < -0.3 is 5.11 Å². The molecule has 0 bridgehead atoms. The van der Waals surface area contributed by atoms with E-state index in [1.807, 2.05) is 6.92 Å². The van der Waals surface area contributed by atoms with Crippen LogP contribution in [-0.2, 0) is 14.9 Å². The molecule has 17 heavy (non-hydrogen) atoms. The molecule has 1 aromatic rings. The number of aryl methyl sites for hydroxylation is 1. The Morgan fingerprint density at radius 3 is 2.06 bits per heavy atom. The van der Waals surface area contributed by atoms with Crippen LogP contribution in [0.5, 0.6) is 0 Å². The van der Waals surface area contributed by atoms with Crippen molar-refractivity contribution in [3.63, 3.8) is 0 Å². The van der Waals surface area contributed by atoms with E-state index in [1.165, 1.54) is 6.07 Å². The van der Waals surface area contributed by atoms with Gasteiger partial charge in [-0.2, -0.15) is 8.42 Å². The number of hydrogen-bond acceptors (Lipinski definition) is 3. The van der Waals surface area contributed by atoms with E-state index in [0.29, 0.717) is 12.0 Å². The molecule has 5 nitrogen and oxygen atoms in total. The highest BCUT2D eigenvalue weighted by molar-refractivity contribution is 7.85. The Morgan fingerprint density at radius 1 is 1.29 bits per heavy atom. The Morgan fingerprint density at radius 2 is 1.82 bits per heavy atom. The molecule has 0 aliphatic heterocycles. The summed E-state index contributed by atoms with van der Waals surface area (Å²) in [7, 11) is -4.03. The van der Waals surface area contributed by atoms with Crippen LogP contribution in [-0.4, -0.2) is 24.0 Å². The third kappa shape index (κ3) is 6.70. The maximum absolute atomic E-state index is 10.6. The second kappa shape index (κ2) is 7.03. The SMILES string of the molecule is CCCC(=O)O.Cc1ccccc1S(=O)(=O)O. The van der Waals surface area contributed by atoms with Gasteiger partial charge in [0.25, 0.3) is 10.1 Å². The minimum absolute atomic E-state index is 0.0278. The molecule has 0 fully saturated rings. The Hall–Kier alpha value is -1.40. The monoisotopic (exact) mass is 260 g/mol. The molecular weight excluding hydrogens is 244 g/mol. The number of benzene rings is 1. The van der Waals surface area contributed by atoms with E-state index >= 15 is 0 Å². The van der Waals surface area contributed by atoms with Crippen molar-refractivity contribution in [1.29, 1.82) is 0 Å². The normalized spacial score (nSPS) is 10.3. The van der Waals surface area contributed by atoms with Crippen molar-refractivity contribution < 1.29 is 22.9 Å². The number of carboxylic acid groups (broad SMARTS) is 1. The minimum atomic E-state index is -4.03. The second-order valence-electron chi connectivity index (χ2n) is 3.38. The van der Waals surface area contributed by atoms with Crippen molar-refractivity contribution >= 4 is 16.1 Å². The van der Waals surface area contributed by atoms with E-state index < -0.39 is 16.1 Å². The first kappa shape index (κ1) is 15.6. The van der Waals surface area contributed by atoms with Gasteiger partial charge >= 0.3 is 5.97 Å². The van der Waals surface area contributed by atoms with Gasteiger partial charge in [0.15, 0.2) is 0 Å². The molecule has 1 rings (SSSR count). The Labute approximate surface area is 101 Å². The molecule has 0 saturated heterocycles. The summed E-state index contributed by atoms with van der Waals surface area (Å²) in [5.41, 5.74) is 0.551. The van der Waals surface area contributed by atoms with Crippen LogP contribution in [0, 0.1) is 6.92 Å². The highest BCUT2D eigenvalue weighted by atomic mass is 32.2. The van der Waals surface area contributed by atoms with E-state index in [2.05, 4.69) is 0 Å². The summed E-state index contributed by atoms with van der Waals surface area (Å²) in [5.74, 6) is -0.711. The predicted octanol–water partition coefficient (Wildman–Crippen LogP) is 2.11. The highest BCUT2D eigenvalue weighted by Crippen LogP contribution is 2.12.